The highest BCUT2D eigenvalue weighted by molar-refractivity contribution is 5.80. The first kappa shape index (κ1) is 14.1. The predicted octanol–water partition coefficient (Wildman–Crippen LogP) is 1.01. The summed E-state index contributed by atoms with van der Waals surface area (Å²) in [6.45, 7) is 1.81. The minimum Gasteiger partial charge on any atom is -0.469 e. The van der Waals surface area contributed by atoms with Gasteiger partial charge in [0, 0.05) is 19.3 Å². The quantitative estimate of drug-likeness (QED) is 0.713. The van der Waals surface area contributed by atoms with Crippen molar-refractivity contribution in [2.24, 2.45) is 5.92 Å². The SMILES string of the molecule is COC(=O)C1CCN(CC(=O)N(C)C2=CCCC2)C1. The van der Waals surface area contributed by atoms with Gasteiger partial charge in [0.05, 0.1) is 19.6 Å². The van der Waals surface area contributed by atoms with Crippen LogP contribution in [0.2, 0.25) is 0 Å². The van der Waals surface area contributed by atoms with Crippen LogP contribution in [-0.4, -0.2) is 55.5 Å². The Morgan fingerprint density at radius 1 is 1.53 bits per heavy atom. The maximum Gasteiger partial charge on any atom is 0.310 e. The molecule has 5 heteroatoms. The molecule has 2 rings (SSSR count). The Balaban J connectivity index is 1.82. The highest BCUT2D eigenvalue weighted by atomic mass is 16.5. The monoisotopic (exact) mass is 266 g/mol. The summed E-state index contributed by atoms with van der Waals surface area (Å²) in [6, 6.07) is 0. The van der Waals surface area contributed by atoms with Gasteiger partial charge >= 0.3 is 5.97 Å². The first-order valence-electron chi connectivity index (χ1n) is 6.87. The van der Waals surface area contributed by atoms with Gasteiger partial charge in [-0.2, -0.15) is 0 Å². The number of hydrogen-bond acceptors (Lipinski definition) is 4. The molecule has 1 amide bonds. The molecule has 1 aliphatic heterocycles. The molecule has 0 spiro atoms. The molecule has 0 aromatic rings. The number of carbonyl (C=O) groups excluding carboxylic acids is 2. The number of esters is 1. The molecule has 1 aliphatic carbocycles. The zero-order valence-corrected chi connectivity index (χ0v) is 11.7. The number of likely N-dealkylation sites (N-methyl/N-ethyl adjacent to an activating group) is 1. The highest BCUT2D eigenvalue weighted by Gasteiger charge is 2.30. The average Bonchev–Trinajstić information content (AvgIpc) is 3.07. The molecule has 5 nitrogen and oxygen atoms in total. The van der Waals surface area contributed by atoms with Crippen molar-refractivity contribution < 1.29 is 14.3 Å². The second kappa shape index (κ2) is 6.19. The lowest BCUT2D eigenvalue weighted by Gasteiger charge is -2.22. The van der Waals surface area contributed by atoms with Gasteiger partial charge in [-0.3, -0.25) is 14.5 Å². The fraction of sp³-hybridized carbons (Fsp3) is 0.714. The van der Waals surface area contributed by atoms with E-state index in [2.05, 4.69) is 6.08 Å². The van der Waals surface area contributed by atoms with E-state index in [1.807, 2.05) is 11.9 Å². The van der Waals surface area contributed by atoms with Gasteiger partial charge in [0.25, 0.3) is 0 Å². The van der Waals surface area contributed by atoms with Crippen LogP contribution in [0.15, 0.2) is 11.8 Å². The first-order chi connectivity index (χ1) is 9.11. The summed E-state index contributed by atoms with van der Waals surface area (Å²) in [5.74, 6) is -0.130. The van der Waals surface area contributed by atoms with Gasteiger partial charge in [0.1, 0.15) is 0 Å². The third kappa shape index (κ3) is 3.35. The zero-order valence-electron chi connectivity index (χ0n) is 11.7. The Hall–Kier alpha value is -1.36. The van der Waals surface area contributed by atoms with Crippen molar-refractivity contribution in [2.45, 2.75) is 25.7 Å². The van der Waals surface area contributed by atoms with E-state index in [1.54, 1.807) is 4.90 Å². The van der Waals surface area contributed by atoms with Crippen LogP contribution in [0.1, 0.15) is 25.7 Å². The smallest absolute Gasteiger partial charge is 0.310 e. The highest BCUT2D eigenvalue weighted by Crippen LogP contribution is 2.21. The number of amides is 1. The maximum atomic E-state index is 12.2. The molecule has 1 atom stereocenters. The maximum absolute atomic E-state index is 12.2. The number of hydrogen-bond donors (Lipinski definition) is 0. The van der Waals surface area contributed by atoms with Crippen LogP contribution < -0.4 is 0 Å². The number of likely N-dealkylation sites (tertiary alicyclic amines) is 1. The molecule has 0 bridgehead atoms. The summed E-state index contributed by atoms with van der Waals surface area (Å²) in [4.78, 5) is 27.4. The third-order valence-electron chi connectivity index (χ3n) is 3.99. The van der Waals surface area contributed by atoms with E-state index >= 15 is 0 Å². The Labute approximate surface area is 114 Å². The zero-order chi connectivity index (χ0) is 13.8. The van der Waals surface area contributed by atoms with Crippen LogP contribution in [0.4, 0.5) is 0 Å². The van der Waals surface area contributed by atoms with Crippen LogP contribution in [0, 0.1) is 5.92 Å². The van der Waals surface area contributed by atoms with Gasteiger partial charge in [-0.15, -0.1) is 0 Å². The van der Waals surface area contributed by atoms with Crippen LogP contribution in [0.5, 0.6) is 0 Å². The fourth-order valence-electron chi connectivity index (χ4n) is 2.75. The number of carbonyl (C=O) groups is 2. The van der Waals surface area contributed by atoms with E-state index in [0.29, 0.717) is 13.1 Å². The summed E-state index contributed by atoms with van der Waals surface area (Å²) in [7, 11) is 3.25. The summed E-state index contributed by atoms with van der Waals surface area (Å²) in [5, 5.41) is 0. The van der Waals surface area contributed by atoms with Crippen LogP contribution >= 0.6 is 0 Å². The first-order valence-corrected chi connectivity index (χ1v) is 6.87. The van der Waals surface area contributed by atoms with E-state index < -0.39 is 0 Å². The molecule has 2 aliphatic rings. The van der Waals surface area contributed by atoms with E-state index in [4.69, 9.17) is 4.74 Å². The van der Waals surface area contributed by atoms with Gasteiger partial charge in [-0.05, 0) is 32.2 Å². The molecule has 19 heavy (non-hydrogen) atoms. The number of ether oxygens (including phenoxy) is 1. The van der Waals surface area contributed by atoms with E-state index in [9.17, 15) is 9.59 Å². The van der Waals surface area contributed by atoms with Crippen molar-refractivity contribution in [2.75, 3.05) is 33.8 Å². The number of nitrogens with zero attached hydrogens (tertiary/aromatic N) is 2. The Kier molecular flexibility index (Phi) is 4.58. The Bertz CT molecular complexity index is 392. The van der Waals surface area contributed by atoms with Gasteiger partial charge in [0.2, 0.25) is 5.91 Å². The van der Waals surface area contributed by atoms with Crippen LogP contribution in [0.25, 0.3) is 0 Å². The second-order valence-electron chi connectivity index (χ2n) is 5.28. The lowest BCUT2D eigenvalue weighted by molar-refractivity contribution is -0.145. The molecule has 0 saturated carbocycles. The summed E-state index contributed by atoms with van der Waals surface area (Å²) >= 11 is 0. The van der Waals surface area contributed by atoms with Gasteiger partial charge in [-0.1, -0.05) is 6.08 Å². The minimum atomic E-state index is -0.165. The molecule has 106 valence electrons. The molecule has 1 fully saturated rings. The fourth-order valence-corrected chi connectivity index (χ4v) is 2.75. The van der Waals surface area contributed by atoms with E-state index in [0.717, 1.165) is 37.9 Å². The van der Waals surface area contributed by atoms with Gasteiger partial charge in [-0.25, -0.2) is 0 Å². The van der Waals surface area contributed by atoms with Crippen molar-refractivity contribution in [1.29, 1.82) is 0 Å². The predicted molar refractivity (Wildman–Crippen MR) is 71.3 cm³/mol. The van der Waals surface area contributed by atoms with Crippen molar-refractivity contribution in [1.82, 2.24) is 9.80 Å². The van der Waals surface area contributed by atoms with Crippen molar-refractivity contribution in [3.05, 3.63) is 11.8 Å². The number of methoxy groups -OCH3 is 1. The molecule has 1 saturated heterocycles. The van der Waals surface area contributed by atoms with Gasteiger partial charge in [0.15, 0.2) is 0 Å². The lowest BCUT2D eigenvalue weighted by atomic mass is 10.1. The summed E-state index contributed by atoms with van der Waals surface area (Å²) in [5.41, 5.74) is 1.13. The third-order valence-corrected chi connectivity index (χ3v) is 3.99. The molecule has 1 unspecified atom stereocenters. The molecular weight excluding hydrogens is 244 g/mol. The largest absolute Gasteiger partial charge is 0.469 e. The molecule has 1 heterocycles. The van der Waals surface area contributed by atoms with Crippen LogP contribution in [-0.2, 0) is 14.3 Å². The molecule has 0 aromatic heterocycles. The normalized spacial score (nSPS) is 23.3. The number of allylic oxidation sites excluding steroid dienone is 2. The molecule has 0 radical (unpaired) electrons. The van der Waals surface area contributed by atoms with E-state index in [-0.39, 0.29) is 17.8 Å². The Morgan fingerprint density at radius 2 is 2.32 bits per heavy atom. The second-order valence-corrected chi connectivity index (χ2v) is 5.28. The molecular formula is C14H22N2O3. The van der Waals surface area contributed by atoms with Crippen LogP contribution in [0.3, 0.4) is 0 Å². The lowest BCUT2D eigenvalue weighted by Crippen LogP contribution is -2.37. The van der Waals surface area contributed by atoms with Crippen molar-refractivity contribution in [3.63, 3.8) is 0 Å². The Morgan fingerprint density at radius 3 is 2.95 bits per heavy atom. The van der Waals surface area contributed by atoms with E-state index in [1.165, 1.54) is 7.11 Å². The van der Waals surface area contributed by atoms with Crippen molar-refractivity contribution in [3.8, 4) is 0 Å². The summed E-state index contributed by atoms with van der Waals surface area (Å²) in [6.07, 6.45) is 6.13. The standard InChI is InChI=1S/C14H22N2O3/c1-15(12-5-3-4-6-12)13(17)10-16-8-7-11(9-16)14(18)19-2/h5,11H,3-4,6-10H2,1-2H3. The van der Waals surface area contributed by atoms with Crippen molar-refractivity contribution >= 4 is 11.9 Å². The topological polar surface area (TPSA) is 49.9 Å². The minimum absolute atomic E-state index is 0.0752. The molecule has 0 aromatic carbocycles. The molecule has 0 N–H and O–H groups in total. The average molecular weight is 266 g/mol. The number of rotatable bonds is 4. The van der Waals surface area contributed by atoms with Gasteiger partial charge < -0.3 is 9.64 Å². The summed E-state index contributed by atoms with van der Waals surface area (Å²) < 4.78 is 4.75.